The molecule has 0 spiro atoms. The lowest BCUT2D eigenvalue weighted by Gasteiger charge is -2.21. The molecule has 1 aromatic heterocycles. The van der Waals surface area contributed by atoms with Gasteiger partial charge in [-0.2, -0.15) is 0 Å². The lowest BCUT2D eigenvalue weighted by molar-refractivity contribution is -0.124. The molecule has 0 saturated heterocycles. The molecular weight excluding hydrogens is 290 g/mol. The molecule has 0 fully saturated rings. The molecule has 2 rings (SSSR count). The lowest BCUT2D eigenvalue weighted by Crippen LogP contribution is -2.32. The monoisotopic (exact) mass is 321 g/mol. The number of carbonyl (C=O) groups excluding carboxylic acids is 1. The minimum atomic E-state index is -0.103. The molecule has 2 heterocycles. The number of aromatic nitrogens is 3. The molecule has 0 aliphatic carbocycles. The largest absolute Gasteiger partial charge is 0.346 e. The van der Waals surface area contributed by atoms with Gasteiger partial charge in [-0.25, -0.2) is 0 Å². The zero-order valence-corrected chi connectivity index (χ0v) is 15.2. The lowest BCUT2D eigenvalue weighted by atomic mass is 10.1. The third-order valence-electron chi connectivity index (χ3n) is 4.44. The first-order valence-electron chi connectivity index (χ1n) is 8.83. The van der Waals surface area contributed by atoms with Gasteiger partial charge in [-0.1, -0.05) is 27.7 Å². The fourth-order valence-electron chi connectivity index (χ4n) is 2.82. The Hall–Kier alpha value is -1.43. The van der Waals surface area contributed by atoms with Crippen molar-refractivity contribution in [3.05, 3.63) is 11.6 Å². The Morgan fingerprint density at radius 3 is 2.52 bits per heavy atom. The number of nitrogens with one attached hydrogen (secondary N) is 1. The quantitative estimate of drug-likeness (QED) is 0.870. The topological polar surface area (TPSA) is 63.1 Å². The van der Waals surface area contributed by atoms with Gasteiger partial charge in [-0.15, -0.1) is 10.2 Å². The third-order valence-corrected chi connectivity index (χ3v) is 4.44. The van der Waals surface area contributed by atoms with Crippen molar-refractivity contribution in [1.82, 2.24) is 25.0 Å². The van der Waals surface area contributed by atoms with Crippen LogP contribution in [0.1, 0.15) is 58.7 Å². The van der Waals surface area contributed by atoms with Gasteiger partial charge in [0.25, 0.3) is 0 Å². The van der Waals surface area contributed by atoms with Crippen LogP contribution in [0.3, 0.4) is 0 Å². The van der Waals surface area contributed by atoms with Crippen LogP contribution < -0.4 is 5.32 Å². The Bertz CT molecular complexity index is 523. The molecule has 0 radical (unpaired) electrons. The SMILES string of the molecule is CC(C)CCN1CCc2nnc(C(C)NC(=O)C(C)C)n2CC1. The van der Waals surface area contributed by atoms with E-state index in [9.17, 15) is 4.79 Å². The average molecular weight is 321 g/mol. The summed E-state index contributed by atoms with van der Waals surface area (Å²) in [5, 5.41) is 11.7. The highest BCUT2D eigenvalue weighted by Gasteiger charge is 2.23. The molecule has 130 valence electrons. The predicted octanol–water partition coefficient (Wildman–Crippen LogP) is 2.02. The Balaban J connectivity index is 2.00. The molecule has 1 aliphatic heterocycles. The average Bonchev–Trinajstić information content (AvgIpc) is 2.78. The second-order valence-electron chi connectivity index (χ2n) is 7.29. The van der Waals surface area contributed by atoms with Gasteiger partial charge in [-0.3, -0.25) is 4.79 Å². The van der Waals surface area contributed by atoms with Gasteiger partial charge in [0.2, 0.25) is 5.91 Å². The van der Waals surface area contributed by atoms with Gasteiger partial charge in [0, 0.05) is 32.0 Å². The van der Waals surface area contributed by atoms with Crippen molar-refractivity contribution in [1.29, 1.82) is 0 Å². The fraction of sp³-hybridized carbons (Fsp3) is 0.824. The van der Waals surface area contributed by atoms with E-state index >= 15 is 0 Å². The van der Waals surface area contributed by atoms with E-state index in [0.29, 0.717) is 0 Å². The van der Waals surface area contributed by atoms with Crippen LogP contribution in [-0.2, 0) is 17.8 Å². The Morgan fingerprint density at radius 1 is 1.13 bits per heavy atom. The summed E-state index contributed by atoms with van der Waals surface area (Å²) in [6.45, 7) is 14.4. The summed E-state index contributed by atoms with van der Waals surface area (Å²) in [4.78, 5) is 14.4. The summed E-state index contributed by atoms with van der Waals surface area (Å²) >= 11 is 0. The molecule has 1 N–H and O–H groups in total. The molecule has 1 amide bonds. The van der Waals surface area contributed by atoms with Gasteiger partial charge in [0.1, 0.15) is 5.82 Å². The van der Waals surface area contributed by atoms with Crippen LogP contribution in [0.15, 0.2) is 0 Å². The van der Waals surface area contributed by atoms with E-state index < -0.39 is 0 Å². The maximum absolute atomic E-state index is 11.9. The number of carbonyl (C=O) groups is 1. The Morgan fingerprint density at radius 2 is 1.87 bits per heavy atom. The summed E-state index contributed by atoms with van der Waals surface area (Å²) in [5.41, 5.74) is 0. The Labute approximate surface area is 139 Å². The smallest absolute Gasteiger partial charge is 0.223 e. The van der Waals surface area contributed by atoms with Crippen molar-refractivity contribution in [3.8, 4) is 0 Å². The van der Waals surface area contributed by atoms with Crippen molar-refractivity contribution in [3.63, 3.8) is 0 Å². The highest BCUT2D eigenvalue weighted by Crippen LogP contribution is 2.16. The van der Waals surface area contributed by atoms with Crippen LogP contribution in [0.2, 0.25) is 0 Å². The second-order valence-corrected chi connectivity index (χ2v) is 7.29. The van der Waals surface area contributed by atoms with Gasteiger partial charge in [0.05, 0.1) is 6.04 Å². The summed E-state index contributed by atoms with van der Waals surface area (Å²) in [6.07, 6.45) is 2.16. The predicted molar refractivity (Wildman–Crippen MR) is 91.0 cm³/mol. The van der Waals surface area contributed by atoms with E-state index in [4.69, 9.17) is 0 Å². The number of rotatable bonds is 6. The molecule has 23 heavy (non-hydrogen) atoms. The number of nitrogens with zero attached hydrogens (tertiary/aromatic N) is 4. The first kappa shape index (κ1) is 17.9. The molecule has 0 saturated carbocycles. The van der Waals surface area contributed by atoms with E-state index in [1.165, 1.54) is 6.42 Å². The number of fused-ring (bicyclic) bond motifs is 1. The summed E-state index contributed by atoms with van der Waals surface area (Å²) < 4.78 is 2.20. The van der Waals surface area contributed by atoms with E-state index in [-0.39, 0.29) is 17.9 Å². The molecular formula is C17H31N5O. The molecule has 1 atom stereocenters. The van der Waals surface area contributed by atoms with Crippen LogP contribution in [0.5, 0.6) is 0 Å². The van der Waals surface area contributed by atoms with E-state index in [1.54, 1.807) is 0 Å². The van der Waals surface area contributed by atoms with Crippen molar-refractivity contribution < 1.29 is 4.79 Å². The minimum absolute atomic E-state index is 0.0181. The number of amides is 1. The van der Waals surface area contributed by atoms with Crippen molar-refractivity contribution in [2.45, 2.75) is 60.0 Å². The standard InChI is InChI=1S/C17H31N5O/c1-12(2)6-8-21-9-7-15-19-20-16(22(15)11-10-21)14(5)18-17(23)13(3)4/h12-14H,6-11H2,1-5H3,(H,18,23). The second kappa shape index (κ2) is 7.90. The van der Waals surface area contributed by atoms with Gasteiger partial charge < -0.3 is 14.8 Å². The van der Waals surface area contributed by atoms with Gasteiger partial charge in [-0.05, 0) is 25.8 Å². The number of hydrogen-bond acceptors (Lipinski definition) is 4. The highest BCUT2D eigenvalue weighted by atomic mass is 16.1. The van der Waals surface area contributed by atoms with Crippen LogP contribution in [0.25, 0.3) is 0 Å². The summed E-state index contributed by atoms with van der Waals surface area (Å²) in [6, 6.07) is -0.103. The zero-order chi connectivity index (χ0) is 17.0. The number of hydrogen-bond donors (Lipinski definition) is 1. The van der Waals surface area contributed by atoms with E-state index in [1.807, 2.05) is 20.8 Å². The summed E-state index contributed by atoms with van der Waals surface area (Å²) in [7, 11) is 0. The first-order valence-corrected chi connectivity index (χ1v) is 8.83. The van der Waals surface area contributed by atoms with Crippen LogP contribution in [0, 0.1) is 11.8 Å². The normalized spacial score (nSPS) is 17.2. The fourth-order valence-corrected chi connectivity index (χ4v) is 2.82. The molecule has 1 unspecified atom stereocenters. The highest BCUT2D eigenvalue weighted by molar-refractivity contribution is 5.78. The van der Waals surface area contributed by atoms with Crippen LogP contribution in [0.4, 0.5) is 0 Å². The zero-order valence-electron chi connectivity index (χ0n) is 15.2. The molecule has 1 aromatic rings. The van der Waals surface area contributed by atoms with Crippen molar-refractivity contribution >= 4 is 5.91 Å². The Kier molecular flexibility index (Phi) is 6.16. The molecule has 1 aliphatic rings. The maximum Gasteiger partial charge on any atom is 0.223 e. The maximum atomic E-state index is 11.9. The minimum Gasteiger partial charge on any atom is -0.346 e. The molecule has 0 aromatic carbocycles. The van der Waals surface area contributed by atoms with Crippen molar-refractivity contribution in [2.24, 2.45) is 11.8 Å². The van der Waals surface area contributed by atoms with E-state index in [2.05, 4.69) is 38.8 Å². The van der Waals surface area contributed by atoms with Crippen LogP contribution >= 0.6 is 0 Å². The van der Waals surface area contributed by atoms with Gasteiger partial charge in [0.15, 0.2) is 5.82 Å². The third kappa shape index (κ3) is 4.77. The van der Waals surface area contributed by atoms with Crippen molar-refractivity contribution in [2.75, 3.05) is 19.6 Å². The first-order chi connectivity index (χ1) is 10.9. The van der Waals surface area contributed by atoms with Gasteiger partial charge >= 0.3 is 0 Å². The van der Waals surface area contributed by atoms with Crippen LogP contribution in [-0.4, -0.2) is 45.2 Å². The summed E-state index contributed by atoms with van der Waals surface area (Å²) in [5.74, 6) is 2.69. The molecule has 6 nitrogen and oxygen atoms in total. The molecule has 0 bridgehead atoms. The van der Waals surface area contributed by atoms with E-state index in [0.717, 1.165) is 50.2 Å². The molecule has 6 heteroatoms.